The summed E-state index contributed by atoms with van der Waals surface area (Å²) in [7, 11) is -2.15. The number of methoxy groups -OCH3 is 1. The van der Waals surface area contributed by atoms with Crippen molar-refractivity contribution in [2.24, 2.45) is 5.73 Å². The summed E-state index contributed by atoms with van der Waals surface area (Å²) in [6.07, 6.45) is 0. The van der Waals surface area contributed by atoms with Crippen molar-refractivity contribution in [1.82, 2.24) is 4.72 Å². The molecule has 0 saturated heterocycles. The van der Waals surface area contributed by atoms with Crippen LogP contribution in [0.2, 0.25) is 0 Å². The van der Waals surface area contributed by atoms with Crippen molar-refractivity contribution in [2.75, 3.05) is 20.3 Å². The third-order valence-corrected chi connectivity index (χ3v) is 4.71. The largest absolute Gasteiger partial charge is 0.497 e. The molecule has 2 rings (SSSR count). The van der Waals surface area contributed by atoms with Crippen molar-refractivity contribution >= 4 is 15.9 Å². The lowest BCUT2D eigenvalue weighted by molar-refractivity contribution is 0.0997. The Morgan fingerprint density at radius 3 is 2.46 bits per heavy atom. The first kappa shape index (κ1) is 19.3. The minimum atomic E-state index is -3.65. The molecular formula is C18H18N2O5S. The minimum absolute atomic E-state index is 0.00540. The number of carbonyl (C=O) groups excluding carboxylic acids is 1. The number of para-hydroxylation sites is 1. The number of benzene rings is 2. The molecule has 7 nitrogen and oxygen atoms in total. The summed E-state index contributed by atoms with van der Waals surface area (Å²) in [5.41, 5.74) is 5.51. The van der Waals surface area contributed by atoms with E-state index in [1.807, 2.05) is 0 Å². The number of primary amides is 1. The Hall–Kier alpha value is -3.02. The van der Waals surface area contributed by atoms with E-state index in [2.05, 4.69) is 16.6 Å². The van der Waals surface area contributed by atoms with Gasteiger partial charge in [0.2, 0.25) is 10.0 Å². The SMILES string of the molecule is COc1ccc(S(=O)(=O)NCC#CCOc2ccccc2C(N)=O)cc1. The smallest absolute Gasteiger partial charge is 0.252 e. The van der Waals surface area contributed by atoms with E-state index in [4.69, 9.17) is 15.2 Å². The predicted octanol–water partition coefficient (Wildman–Crippen LogP) is 1.15. The Bertz CT molecular complexity index is 928. The molecule has 1 amide bonds. The normalized spacial score (nSPS) is 10.5. The molecule has 0 aliphatic carbocycles. The van der Waals surface area contributed by atoms with Crippen LogP contribution < -0.4 is 19.9 Å². The molecule has 2 aromatic rings. The molecule has 0 atom stereocenters. The van der Waals surface area contributed by atoms with Gasteiger partial charge in [0.05, 0.1) is 24.1 Å². The highest BCUT2D eigenvalue weighted by atomic mass is 32.2. The summed E-state index contributed by atoms with van der Waals surface area (Å²) in [6, 6.07) is 12.5. The van der Waals surface area contributed by atoms with E-state index >= 15 is 0 Å². The molecule has 8 heteroatoms. The van der Waals surface area contributed by atoms with Crippen molar-refractivity contribution in [1.29, 1.82) is 0 Å². The zero-order chi connectivity index (χ0) is 19.0. The first-order valence-corrected chi connectivity index (χ1v) is 9.03. The first-order chi connectivity index (χ1) is 12.4. The molecule has 136 valence electrons. The topological polar surface area (TPSA) is 108 Å². The monoisotopic (exact) mass is 374 g/mol. The molecule has 0 unspecified atom stereocenters. The molecule has 2 aromatic carbocycles. The third-order valence-electron chi connectivity index (χ3n) is 3.30. The molecule has 0 radical (unpaired) electrons. The van der Waals surface area contributed by atoms with Gasteiger partial charge in [-0.3, -0.25) is 4.79 Å². The molecule has 0 bridgehead atoms. The lowest BCUT2D eigenvalue weighted by Gasteiger charge is -2.06. The fourth-order valence-electron chi connectivity index (χ4n) is 1.99. The second kappa shape index (κ2) is 8.89. The van der Waals surface area contributed by atoms with Gasteiger partial charge in [-0.05, 0) is 36.4 Å². The molecule has 0 saturated carbocycles. The number of amides is 1. The second-order valence-electron chi connectivity index (χ2n) is 5.00. The number of sulfonamides is 1. The summed E-state index contributed by atoms with van der Waals surface area (Å²) in [6.45, 7) is -0.0796. The van der Waals surface area contributed by atoms with Crippen LogP contribution in [-0.4, -0.2) is 34.6 Å². The highest BCUT2D eigenvalue weighted by Gasteiger charge is 2.12. The fraction of sp³-hybridized carbons (Fsp3) is 0.167. The number of hydrogen-bond donors (Lipinski definition) is 2. The van der Waals surface area contributed by atoms with Crippen LogP contribution in [0.1, 0.15) is 10.4 Å². The number of hydrogen-bond acceptors (Lipinski definition) is 5. The third kappa shape index (κ3) is 5.24. The van der Waals surface area contributed by atoms with E-state index in [0.717, 1.165) is 0 Å². The van der Waals surface area contributed by atoms with Gasteiger partial charge in [0.1, 0.15) is 18.1 Å². The molecular weight excluding hydrogens is 356 g/mol. The average molecular weight is 374 g/mol. The van der Waals surface area contributed by atoms with Crippen LogP contribution in [0, 0.1) is 11.8 Å². The molecule has 0 aliphatic rings. The molecule has 26 heavy (non-hydrogen) atoms. The van der Waals surface area contributed by atoms with E-state index in [9.17, 15) is 13.2 Å². The van der Waals surface area contributed by atoms with Crippen LogP contribution in [0.5, 0.6) is 11.5 Å². The average Bonchev–Trinajstić information content (AvgIpc) is 2.64. The Kier molecular flexibility index (Phi) is 6.60. The van der Waals surface area contributed by atoms with Crippen LogP contribution >= 0.6 is 0 Å². The van der Waals surface area contributed by atoms with Gasteiger partial charge < -0.3 is 15.2 Å². The van der Waals surface area contributed by atoms with Gasteiger partial charge in [-0.2, -0.15) is 4.72 Å². The number of nitrogens with two attached hydrogens (primary N) is 1. The number of ether oxygens (including phenoxy) is 2. The molecule has 0 aliphatic heterocycles. The highest BCUT2D eigenvalue weighted by Crippen LogP contribution is 2.17. The molecule has 0 aromatic heterocycles. The van der Waals surface area contributed by atoms with Crippen molar-refractivity contribution in [3.63, 3.8) is 0 Å². The summed E-state index contributed by atoms with van der Waals surface area (Å²) >= 11 is 0. The zero-order valence-corrected chi connectivity index (χ0v) is 14.9. The Morgan fingerprint density at radius 2 is 1.81 bits per heavy atom. The van der Waals surface area contributed by atoms with E-state index in [1.54, 1.807) is 36.4 Å². The summed E-state index contributed by atoms with van der Waals surface area (Å²) < 4.78 is 36.9. The predicted molar refractivity (Wildman–Crippen MR) is 96.4 cm³/mol. The lowest BCUT2D eigenvalue weighted by Crippen LogP contribution is -2.24. The molecule has 0 fully saturated rings. The van der Waals surface area contributed by atoms with Gasteiger partial charge in [-0.15, -0.1) is 0 Å². The van der Waals surface area contributed by atoms with E-state index < -0.39 is 15.9 Å². The van der Waals surface area contributed by atoms with Crippen LogP contribution in [-0.2, 0) is 10.0 Å². The maximum absolute atomic E-state index is 12.1. The van der Waals surface area contributed by atoms with Crippen molar-refractivity contribution in [2.45, 2.75) is 4.90 Å². The molecule has 0 spiro atoms. The van der Waals surface area contributed by atoms with Crippen LogP contribution in [0.25, 0.3) is 0 Å². The number of rotatable bonds is 7. The van der Waals surface area contributed by atoms with E-state index in [0.29, 0.717) is 11.5 Å². The van der Waals surface area contributed by atoms with Gasteiger partial charge in [-0.1, -0.05) is 24.0 Å². The standard InChI is InChI=1S/C18H18N2O5S/c1-24-14-8-10-15(11-9-14)26(22,23)20-12-4-5-13-25-17-7-3-2-6-16(17)18(19)21/h2-3,6-11,20H,12-13H2,1H3,(H2,19,21). The second-order valence-corrected chi connectivity index (χ2v) is 6.77. The Balaban J connectivity index is 1.87. The van der Waals surface area contributed by atoms with E-state index in [1.165, 1.54) is 19.2 Å². The van der Waals surface area contributed by atoms with Gasteiger partial charge >= 0.3 is 0 Å². The van der Waals surface area contributed by atoms with Crippen molar-refractivity contribution < 1.29 is 22.7 Å². The maximum atomic E-state index is 12.1. The summed E-state index contributed by atoms with van der Waals surface area (Å²) in [4.78, 5) is 11.4. The van der Waals surface area contributed by atoms with Gasteiger partial charge in [0, 0.05) is 0 Å². The molecule has 0 heterocycles. The van der Waals surface area contributed by atoms with Crippen molar-refractivity contribution in [3.8, 4) is 23.3 Å². The summed E-state index contributed by atoms with van der Waals surface area (Å²) in [5.74, 6) is 5.61. The van der Waals surface area contributed by atoms with Crippen LogP contribution in [0.3, 0.4) is 0 Å². The number of carbonyl (C=O) groups is 1. The fourth-order valence-corrected chi connectivity index (χ4v) is 2.92. The Labute approximate surface area is 152 Å². The van der Waals surface area contributed by atoms with Crippen LogP contribution in [0.4, 0.5) is 0 Å². The highest BCUT2D eigenvalue weighted by molar-refractivity contribution is 7.89. The van der Waals surface area contributed by atoms with E-state index in [-0.39, 0.29) is 23.6 Å². The van der Waals surface area contributed by atoms with Gasteiger partial charge in [-0.25, -0.2) is 8.42 Å². The minimum Gasteiger partial charge on any atom is -0.497 e. The quantitative estimate of drug-likeness (QED) is 0.707. The first-order valence-electron chi connectivity index (χ1n) is 7.55. The maximum Gasteiger partial charge on any atom is 0.252 e. The van der Waals surface area contributed by atoms with Crippen molar-refractivity contribution in [3.05, 3.63) is 54.1 Å². The zero-order valence-electron chi connectivity index (χ0n) is 14.1. The number of nitrogens with one attached hydrogen (secondary N) is 1. The molecule has 3 N–H and O–H groups in total. The summed E-state index contributed by atoms with van der Waals surface area (Å²) in [5, 5.41) is 0. The Morgan fingerprint density at radius 1 is 1.12 bits per heavy atom. The lowest BCUT2D eigenvalue weighted by atomic mass is 10.2. The van der Waals surface area contributed by atoms with Gasteiger partial charge in [0.25, 0.3) is 5.91 Å². The van der Waals surface area contributed by atoms with Crippen LogP contribution in [0.15, 0.2) is 53.4 Å². The van der Waals surface area contributed by atoms with Gasteiger partial charge in [0.15, 0.2) is 0 Å².